The quantitative estimate of drug-likeness (QED) is 0.696. The molecule has 2 nitrogen and oxygen atoms in total. The Morgan fingerprint density at radius 1 is 1.00 bits per heavy atom. The van der Waals surface area contributed by atoms with Crippen molar-refractivity contribution in [3.8, 4) is 0 Å². The van der Waals surface area contributed by atoms with Gasteiger partial charge in [-0.15, -0.1) is 0 Å². The molecule has 0 unspecified atom stereocenters. The number of carbonyl (C=O) groups excluding carboxylic acids is 1. The van der Waals surface area contributed by atoms with Crippen LogP contribution in [0.4, 0.5) is 0 Å². The summed E-state index contributed by atoms with van der Waals surface area (Å²) in [6.45, 7) is 0. The highest BCUT2D eigenvalue weighted by atomic mass is 16.1. The molecule has 0 fully saturated rings. The lowest BCUT2D eigenvalue weighted by atomic mass is 10.0. The Balaban J connectivity index is 2.08. The molecule has 2 aromatic rings. The first-order valence-corrected chi connectivity index (χ1v) is 5.12. The van der Waals surface area contributed by atoms with Gasteiger partial charge in [0.15, 0.2) is 0 Å². The number of rotatable bonds is 2. The number of aliphatic imine (C=N–C) groups is 1. The zero-order valence-electron chi connectivity index (χ0n) is 8.55. The topological polar surface area (TPSA) is 29.4 Å². The molecule has 2 aromatic carbocycles. The molecule has 2 heteroatoms. The van der Waals surface area contributed by atoms with Crippen LogP contribution in [0.1, 0.15) is 10.4 Å². The van der Waals surface area contributed by atoms with Crippen LogP contribution in [0.25, 0.3) is 10.8 Å². The van der Waals surface area contributed by atoms with Gasteiger partial charge in [0, 0.05) is 11.8 Å². The Bertz CT molecular complexity index is 638. The van der Waals surface area contributed by atoms with Crippen LogP contribution < -0.4 is 0 Å². The molecule has 0 saturated heterocycles. The van der Waals surface area contributed by atoms with Crippen LogP contribution >= 0.6 is 0 Å². The smallest absolute Gasteiger partial charge is 0.211 e. The van der Waals surface area contributed by atoms with Crippen molar-refractivity contribution < 1.29 is 4.79 Å². The highest BCUT2D eigenvalue weighted by Crippen LogP contribution is 2.17. The summed E-state index contributed by atoms with van der Waals surface area (Å²) in [7, 11) is 0. The van der Waals surface area contributed by atoms with Crippen LogP contribution in [-0.4, -0.2) is 11.5 Å². The molecule has 0 spiro atoms. The summed E-state index contributed by atoms with van der Waals surface area (Å²) in [6, 6.07) is 13.7. The van der Waals surface area contributed by atoms with E-state index in [4.69, 9.17) is 0 Å². The van der Waals surface area contributed by atoms with Crippen LogP contribution in [0.5, 0.6) is 0 Å². The van der Waals surface area contributed by atoms with Crippen molar-refractivity contribution in [3.63, 3.8) is 0 Å². The minimum absolute atomic E-state index is 0.00625. The van der Waals surface area contributed by atoms with Gasteiger partial charge in [-0.1, -0.05) is 36.4 Å². The predicted molar refractivity (Wildman–Crippen MR) is 64.9 cm³/mol. The van der Waals surface area contributed by atoms with Crippen molar-refractivity contribution in [3.05, 3.63) is 60.3 Å². The third-order valence-corrected chi connectivity index (χ3v) is 2.69. The molecule has 0 aromatic heterocycles. The Labute approximate surface area is 92.9 Å². The van der Waals surface area contributed by atoms with E-state index in [2.05, 4.69) is 4.99 Å². The fourth-order valence-electron chi connectivity index (χ4n) is 1.76. The summed E-state index contributed by atoms with van der Waals surface area (Å²) in [4.78, 5) is 15.8. The molecule has 1 aliphatic rings. The van der Waals surface area contributed by atoms with E-state index in [-0.39, 0.29) is 5.78 Å². The molecule has 0 N–H and O–H groups in total. The van der Waals surface area contributed by atoms with Crippen molar-refractivity contribution >= 4 is 22.3 Å². The zero-order valence-corrected chi connectivity index (χ0v) is 8.55. The van der Waals surface area contributed by atoms with E-state index in [9.17, 15) is 4.79 Å². The van der Waals surface area contributed by atoms with Gasteiger partial charge in [-0.3, -0.25) is 9.79 Å². The molecule has 76 valence electrons. The molecular weight excluding hydrogens is 198 g/mol. The Morgan fingerprint density at radius 3 is 2.44 bits per heavy atom. The number of carbonyl (C=O) groups is 1. The van der Waals surface area contributed by atoms with Gasteiger partial charge in [-0.25, -0.2) is 0 Å². The van der Waals surface area contributed by atoms with Crippen LogP contribution in [0.2, 0.25) is 0 Å². The van der Waals surface area contributed by atoms with Crippen molar-refractivity contribution in [1.29, 1.82) is 0 Å². The van der Waals surface area contributed by atoms with E-state index >= 15 is 0 Å². The lowest BCUT2D eigenvalue weighted by Gasteiger charge is -2.06. The SMILES string of the molecule is O=C(C1=NC=C1)c1ccc2ccccc2c1. The van der Waals surface area contributed by atoms with Crippen LogP contribution in [0.3, 0.4) is 0 Å². The van der Waals surface area contributed by atoms with Crippen LogP contribution in [-0.2, 0) is 0 Å². The van der Waals surface area contributed by atoms with Gasteiger partial charge >= 0.3 is 0 Å². The number of Topliss-reactive ketones (excluding diaryl/α,β-unsaturated/α-hetero) is 1. The maximum atomic E-state index is 11.9. The molecule has 0 radical (unpaired) electrons. The average Bonchev–Trinajstić information content (AvgIpc) is 2.26. The molecule has 0 bridgehead atoms. The predicted octanol–water partition coefficient (Wildman–Crippen LogP) is 2.99. The van der Waals surface area contributed by atoms with Gasteiger partial charge in [0.1, 0.15) is 5.71 Å². The second kappa shape index (κ2) is 3.42. The minimum atomic E-state index is -0.00625. The normalized spacial score (nSPS) is 13.4. The fourth-order valence-corrected chi connectivity index (χ4v) is 1.76. The first kappa shape index (κ1) is 9.04. The standard InChI is InChI=1S/C14H9NO/c16-14(13-7-8-15-13)12-6-5-10-3-1-2-4-11(10)9-12/h1-9H. The van der Waals surface area contributed by atoms with Crippen LogP contribution in [0.15, 0.2) is 59.7 Å². The number of fused-ring (bicyclic) bond motifs is 1. The van der Waals surface area contributed by atoms with E-state index in [0.29, 0.717) is 11.3 Å². The highest BCUT2D eigenvalue weighted by molar-refractivity contribution is 6.51. The summed E-state index contributed by atoms with van der Waals surface area (Å²) in [5, 5.41) is 2.22. The van der Waals surface area contributed by atoms with Gasteiger partial charge in [0.25, 0.3) is 0 Å². The third-order valence-electron chi connectivity index (χ3n) is 2.69. The largest absolute Gasteiger partial charge is 0.287 e. The highest BCUT2D eigenvalue weighted by Gasteiger charge is 2.14. The van der Waals surface area contributed by atoms with Crippen molar-refractivity contribution in [2.45, 2.75) is 0 Å². The van der Waals surface area contributed by atoms with Gasteiger partial charge in [0.05, 0.1) is 0 Å². The molecule has 1 aliphatic heterocycles. The number of allylic oxidation sites excluding steroid dienone is 1. The van der Waals surface area contributed by atoms with Gasteiger partial charge in [-0.2, -0.15) is 0 Å². The third kappa shape index (κ3) is 1.36. The molecule has 0 saturated carbocycles. The Morgan fingerprint density at radius 2 is 1.75 bits per heavy atom. The van der Waals surface area contributed by atoms with E-state index in [1.807, 2.05) is 42.5 Å². The first-order valence-electron chi connectivity index (χ1n) is 5.12. The summed E-state index contributed by atoms with van der Waals surface area (Å²) in [6.07, 6.45) is 3.37. The monoisotopic (exact) mass is 207 g/mol. The molecule has 0 atom stereocenters. The lowest BCUT2D eigenvalue weighted by Crippen LogP contribution is -2.14. The lowest BCUT2D eigenvalue weighted by molar-refractivity contribution is 0.106. The Kier molecular flexibility index (Phi) is 1.93. The second-order valence-electron chi connectivity index (χ2n) is 3.72. The van der Waals surface area contributed by atoms with E-state index in [0.717, 1.165) is 10.8 Å². The van der Waals surface area contributed by atoms with Crippen molar-refractivity contribution in [2.24, 2.45) is 4.99 Å². The first-order chi connectivity index (χ1) is 7.84. The second-order valence-corrected chi connectivity index (χ2v) is 3.72. The molecular formula is C14H9NO. The molecule has 0 aliphatic carbocycles. The maximum absolute atomic E-state index is 11.9. The van der Waals surface area contributed by atoms with Gasteiger partial charge in [-0.05, 0) is 22.9 Å². The van der Waals surface area contributed by atoms with Gasteiger partial charge < -0.3 is 0 Å². The maximum Gasteiger partial charge on any atom is 0.211 e. The summed E-state index contributed by atoms with van der Waals surface area (Å²) in [5.74, 6) is -0.00625. The number of hydrogen-bond acceptors (Lipinski definition) is 2. The number of nitrogens with zero attached hydrogens (tertiary/aromatic N) is 1. The molecule has 0 amide bonds. The van der Waals surface area contributed by atoms with Gasteiger partial charge in [0.2, 0.25) is 5.78 Å². The molecule has 3 rings (SSSR count). The fraction of sp³-hybridized carbons (Fsp3) is 0. The average molecular weight is 207 g/mol. The molecule has 16 heavy (non-hydrogen) atoms. The summed E-state index contributed by atoms with van der Waals surface area (Å²) < 4.78 is 0. The summed E-state index contributed by atoms with van der Waals surface area (Å²) in [5.41, 5.74) is 1.23. The van der Waals surface area contributed by atoms with Crippen LogP contribution in [0, 0.1) is 0 Å². The number of benzene rings is 2. The Hall–Kier alpha value is -2.22. The van der Waals surface area contributed by atoms with Crippen molar-refractivity contribution in [1.82, 2.24) is 0 Å². The number of ketones is 1. The van der Waals surface area contributed by atoms with Crippen molar-refractivity contribution in [2.75, 3.05) is 0 Å². The van der Waals surface area contributed by atoms with E-state index in [1.165, 1.54) is 0 Å². The van der Waals surface area contributed by atoms with E-state index < -0.39 is 0 Å². The molecule has 1 heterocycles. The number of hydrogen-bond donors (Lipinski definition) is 0. The summed E-state index contributed by atoms with van der Waals surface area (Å²) >= 11 is 0. The zero-order chi connectivity index (χ0) is 11.0. The minimum Gasteiger partial charge on any atom is -0.287 e. The van der Waals surface area contributed by atoms with E-state index in [1.54, 1.807) is 12.3 Å².